The quantitative estimate of drug-likeness (QED) is 0.418. The van der Waals surface area contributed by atoms with Crippen LogP contribution in [0.1, 0.15) is 32.1 Å². The Morgan fingerprint density at radius 1 is 0.917 bits per heavy atom. The van der Waals surface area contributed by atoms with Crippen LogP contribution in [0, 0.1) is 5.82 Å². The van der Waals surface area contributed by atoms with E-state index in [0.717, 1.165) is 29.3 Å². The maximum absolute atomic E-state index is 13.4. The summed E-state index contributed by atoms with van der Waals surface area (Å²) >= 11 is 0. The van der Waals surface area contributed by atoms with Gasteiger partial charge in [-0.2, -0.15) is 0 Å². The number of fused-ring (bicyclic) bond motifs is 1. The van der Waals surface area contributed by atoms with Crippen molar-refractivity contribution >= 4 is 44.8 Å². The van der Waals surface area contributed by atoms with Gasteiger partial charge in [-0.1, -0.05) is 55.7 Å². The highest BCUT2D eigenvalue weighted by atomic mass is 32.2. The molecule has 1 saturated carbocycles. The fourth-order valence-corrected chi connectivity index (χ4v) is 5.55. The molecule has 0 radical (unpaired) electrons. The van der Waals surface area contributed by atoms with Crippen molar-refractivity contribution in [1.82, 2.24) is 5.32 Å². The lowest BCUT2D eigenvalue weighted by atomic mass is 9.95. The molecule has 3 aromatic rings. The Hall–Kier alpha value is -3.10. The highest BCUT2D eigenvalue weighted by Gasteiger charge is 2.22. The SMILES string of the molecule is O=C(CS(=O)CC(=O)N(CCNC1CCCCC1)c1cccc2ccccc12)Nc1ccc(F)cc1. The molecule has 2 amide bonds. The van der Waals surface area contributed by atoms with Gasteiger partial charge in [-0.3, -0.25) is 13.8 Å². The first-order chi connectivity index (χ1) is 17.5. The number of rotatable bonds is 10. The van der Waals surface area contributed by atoms with E-state index in [1.54, 1.807) is 4.90 Å². The number of carbonyl (C=O) groups is 2. The van der Waals surface area contributed by atoms with Crippen molar-refractivity contribution in [2.75, 3.05) is 34.8 Å². The summed E-state index contributed by atoms with van der Waals surface area (Å²) < 4.78 is 25.8. The van der Waals surface area contributed by atoms with Crippen molar-refractivity contribution in [1.29, 1.82) is 0 Å². The van der Waals surface area contributed by atoms with Crippen LogP contribution in [-0.2, 0) is 20.4 Å². The predicted molar refractivity (Wildman–Crippen MR) is 144 cm³/mol. The van der Waals surface area contributed by atoms with Gasteiger partial charge in [0.2, 0.25) is 11.8 Å². The molecule has 8 heteroatoms. The monoisotopic (exact) mass is 509 g/mol. The molecule has 1 fully saturated rings. The van der Waals surface area contributed by atoms with Gasteiger partial charge in [0.05, 0.1) is 5.69 Å². The van der Waals surface area contributed by atoms with Crippen molar-refractivity contribution in [2.24, 2.45) is 0 Å². The first-order valence-corrected chi connectivity index (χ1v) is 13.9. The minimum absolute atomic E-state index is 0.260. The number of benzene rings is 3. The third-order valence-corrected chi connectivity index (χ3v) is 7.59. The topological polar surface area (TPSA) is 78.5 Å². The molecule has 36 heavy (non-hydrogen) atoms. The first kappa shape index (κ1) is 26.0. The van der Waals surface area contributed by atoms with Crippen LogP contribution >= 0.6 is 0 Å². The predicted octanol–water partition coefficient (Wildman–Crippen LogP) is 4.62. The summed E-state index contributed by atoms with van der Waals surface area (Å²) in [5, 5.41) is 8.15. The number of halogens is 1. The maximum Gasteiger partial charge on any atom is 0.239 e. The molecule has 1 aliphatic rings. The third-order valence-electron chi connectivity index (χ3n) is 6.44. The van der Waals surface area contributed by atoms with Crippen LogP contribution in [0.25, 0.3) is 10.8 Å². The van der Waals surface area contributed by atoms with Crippen LogP contribution in [0.2, 0.25) is 0 Å². The molecule has 0 saturated heterocycles. The number of nitrogens with zero attached hydrogens (tertiary/aromatic N) is 1. The summed E-state index contributed by atoms with van der Waals surface area (Å²) in [4.78, 5) is 27.4. The molecule has 1 aliphatic carbocycles. The molecule has 3 aromatic carbocycles. The summed E-state index contributed by atoms with van der Waals surface area (Å²) in [6.45, 7) is 1.08. The van der Waals surface area contributed by atoms with Gasteiger partial charge in [-0.15, -0.1) is 0 Å². The number of amides is 2. The molecule has 0 aromatic heterocycles. The number of nitrogens with one attached hydrogen (secondary N) is 2. The largest absolute Gasteiger partial charge is 0.325 e. The van der Waals surface area contributed by atoms with E-state index in [9.17, 15) is 18.2 Å². The lowest BCUT2D eigenvalue weighted by Gasteiger charge is -2.27. The van der Waals surface area contributed by atoms with Gasteiger partial charge in [0, 0.05) is 41.0 Å². The Bertz CT molecular complexity index is 1210. The Balaban J connectivity index is 1.43. The zero-order valence-corrected chi connectivity index (χ0v) is 21.1. The summed E-state index contributed by atoms with van der Waals surface area (Å²) in [6.07, 6.45) is 6.02. The molecular formula is C28H32FN3O3S. The fourth-order valence-electron chi connectivity index (χ4n) is 4.65. The second-order valence-electron chi connectivity index (χ2n) is 9.12. The van der Waals surface area contributed by atoms with Gasteiger partial charge < -0.3 is 15.5 Å². The van der Waals surface area contributed by atoms with Gasteiger partial charge in [0.25, 0.3) is 0 Å². The lowest BCUT2D eigenvalue weighted by molar-refractivity contribution is -0.116. The fraction of sp³-hybridized carbons (Fsp3) is 0.357. The zero-order chi connectivity index (χ0) is 25.3. The Morgan fingerprint density at radius 3 is 2.42 bits per heavy atom. The van der Waals surface area contributed by atoms with Gasteiger partial charge in [-0.05, 0) is 48.6 Å². The molecule has 0 heterocycles. The van der Waals surface area contributed by atoms with Gasteiger partial charge >= 0.3 is 0 Å². The molecule has 6 nitrogen and oxygen atoms in total. The summed E-state index contributed by atoms with van der Waals surface area (Å²) in [7, 11) is -1.69. The van der Waals surface area contributed by atoms with Crippen molar-refractivity contribution in [3.8, 4) is 0 Å². The van der Waals surface area contributed by atoms with Crippen molar-refractivity contribution in [3.63, 3.8) is 0 Å². The van der Waals surface area contributed by atoms with Crippen LogP contribution < -0.4 is 15.5 Å². The standard InChI is InChI=1S/C28H32FN3O3S/c29-22-13-15-24(16-14-22)31-27(33)19-36(35)20-28(34)32(18-17-30-23-9-2-1-3-10-23)26-12-6-8-21-7-4-5-11-25(21)26/h4-8,11-16,23,30H,1-3,9-10,17-20H2,(H,31,33). The number of hydrogen-bond donors (Lipinski definition) is 2. The Morgan fingerprint density at radius 2 is 1.64 bits per heavy atom. The molecule has 0 bridgehead atoms. The van der Waals surface area contributed by atoms with E-state index in [1.165, 1.54) is 43.5 Å². The number of hydrogen-bond acceptors (Lipinski definition) is 4. The van der Waals surface area contributed by atoms with E-state index < -0.39 is 22.5 Å². The molecule has 0 spiro atoms. The van der Waals surface area contributed by atoms with Crippen LogP contribution in [0.3, 0.4) is 0 Å². The van der Waals surface area contributed by atoms with Crippen molar-refractivity contribution in [2.45, 2.75) is 38.1 Å². The normalized spacial score (nSPS) is 14.9. The van der Waals surface area contributed by atoms with Crippen molar-refractivity contribution < 1.29 is 18.2 Å². The Kier molecular flexibility index (Phi) is 9.19. The third kappa shape index (κ3) is 7.21. The van der Waals surface area contributed by atoms with Crippen LogP contribution in [0.15, 0.2) is 66.7 Å². The summed E-state index contributed by atoms with van der Waals surface area (Å²) in [5.41, 5.74) is 1.19. The summed E-state index contributed by atoms with van der Waals surface area (Å²) in [5.74, 6) is -1.75. The molecule has 4 rings (SSSR count). The number of anilines is 2. The average molecular weight is 510 g/mol. The van der Waals surface area contributed by atoms with Crippen LogP contribution in [0.5, 0.6) is 0 Å². The van der Waals surface area contributed by atoms with E-state index in [1.807, 2.05) is 42.5 Å². The molecule has 0 aliphatic heterocycles. The van der Waals surface area contributed by atoms with E-state index in [2.05, 4.69) is 10.6 Å². The molecule has 1 atom stereocenters. The highest BCUT2D eigenvalue weighted by molar-refractivity contribution is 7.86. The number of carbonyl (C=O) groups excluding carboxylic acids is 2. The van der Waals surface area contributed by atoms with Crippen LogP contribution in [0.4, 0.5) is 15.8 Å². The summed E-state index contributed by atoms with van der Waals surface area (Å²) in [6, 6.07) is 19.5. The van der Waals surface area contributed by atoms with Gasteiger partial charge in [0.1, 0.15) is 17.3 Å². The minimum Gasteiger partial charge on any atom is -0.325 e. The van der Waals surface area contributed by atoms with E-state index in [0.29, 0.717) is 24.8 Å². The maximum atomic E-state index is 13.4. The highest BCUT2D eigenvalue weighted by Crippen LogP contribution is 2.27. The van der Waals surface area contributed by atoms with Gasteiger partial charge in [0.15, 0.2) is 0 Å². The van der Waals surface area contributed by atoms with E-state index in [-0.39, 0.29) is 17.4 Å². The second-order valence-corrected chi connectivity index (χ2v) is 10.6. The average Bonchev–Trinajstić information content (AvgIpc) is 2.88. The molecule has 1 unspecified atom stereocenters. The molecular weight excluding hydrogens is 477 g/mol. The van der Waals surface area contributed by atoms with E-state index >= 15 is 0 Å². The Labute approximate surface area is 213 Å². The van der Waals surface area contributed by atoms with Crippen molar-refractivity contribution in [3.05, 3.63) is 72.5 Å². The zero-order valence-electron chi connectivity index (χ0n) is 20.3. The minimum atomic E-state index is -1.69. The molecule has 190 valence electrons. The second kappa shape index (κ2) is 12.7. The van der Waals surface area contributed by atoms with Crippen LogP contribution in [-0.4, -0.2) is 46.7 Å². The lowest BCUT2D eigenvalue weighted by Crippen LogP contribution is -2.42. The smallest absolute Gasteiger partial charge is 0.239 e. The van der Waals surface area contributed by atoms with E-state index in [4.69, 9.17) is 0 Å². The van der Waals surface area contributed by atoms with Gasteiger partial charge in [-0.25, -0.2) is 4.39 Å². The molecule has 2 N–H and O–H groups in total. The first-order valence-electron chi connectivity index (χ1n) is 12.4.